The van der Waals surface area contributed by atoms with Gasteiger partial charge in [0.05, 0.1) is 4.90 Å². The molecular weight excluding hydrogens is 355 g/mol. The zero-order valence-electron chi connectivity index (χ0n) is 14.7. The van der Waals surface area contributed by atoms with Crippen LogP contribution in [0.2, 0.25) is 0 Å². The Labute approximate surface area is 154 Å². The first-order valence-corrected chi connectivity index (χ1v) is 10.9. The monoisotopic (exact) mass is 380 g/mol. The highest BCUT2D eigenvalue weighted by Gasteiger charge is 2.41. The Morgan fingerprint density at radius 2 is 1.73 bits per heavy atom. The number of hydrogen-bond donors (Lipinski definition) is 1. The van der Waals surface area contributed by atoms with Gasteiger partial charge in [-0.2, -0.15) is 4.31 Å². The van der Waals surface area contributed by atoms with Crippen LogP contribution in [-0.4, -0.2) is 37.8 Å². The van der Waals surface area contributed by atoms with E-state index >= 15 is 0 Å². The van der Waals surface area contributed by atoms with E-state index in [4.69, 9.17) is 0 Å². The summed E-state index contributed by atoms with van der Waals surface area (Å²) in [5.74, 6) is 0.936. The molecule has 1 N–H and O–H groups in total. The number of amides is 1. The molecule has 3 atom stereocenters. The van der Waals surface area contributed by atoms with Gasteiger partial charge in [0.25, 0.3) is 0 Å². The molecule has 26 heavy (non-hydrogen) atoms. The summed E-state index contributed by atoms with van der Waals surface area (Å²) in [6.45, 7) is 0.656. The normalized spacial score (nSPS) is 29.8. The fourth-order valence-corrected chi connectivity index (χ4v) is 6.31. The topological polar surface area (TPSA) is 66.5 Å². The quantitative estimate of drug-likeness (QED) is 0.873. The van der Waals surface area contributed by atoms with Crippen LogP contribution < -0.4 is 5.32 Å². The van der Waals surface area contributed by atoms with Crippen molar-refractivity contribution in [3.05, 3.63) is 30.1 Å². The molecule has 142 valence electrons. The lowest BCUT2D eigenvalue weighted by molar-refractivity contribution is -0.127. The predicted molar refractivity (Wildman–Crippen MR) is 95.3 cm³/mol. The highest BCUT2D eigenvalue weighted by Crippen LogP contribution is 2.44. The lowest BCUT2D eigenvalue weighted by Gasteiger charge is -2.32. The third kappa shape index (κ3) is 3.39. The van der Waals surface area contributed by atoms with Crippen LogP contribution in [0.5, 0.6) is 0 Å². The van der Waals surface area contributed by atoms with Crippen molar-refractivity contribution in [1.82, 2.24) is 9.62 Å². The van der Waals surface area contributed by atoms with Gasteiger partial charge in [-0.15, -0.1) is 0 Å². The van der Waals surface area contributed by atoms with Crippen LogP contribution in [0.3, 0.4) is 0 Å². The van der Waals surface area contributed by atoms with E-state index in [9.17, 15) is 17.6 Å². The van der Waals surface area contributed by atoms with Gasteiger partial charge in [0.15, 0.2) is 0 Å². The summed E-state index contributed by atoms with van der Waals surface area (Å²) < 4.78 is 39.7. The summed E-state index contributed by atoms with van der Waals surface area (Å²) in [5, 5.41) is 3.22. The number of carbonyl (C=O) groups is 1. The van der Waals surface area contributed by atoms with Crippen molar-refractivity contribution in [1.29, 1.82) is 0 Å². The number of sulfonamides is 1. The Morgan fingerprint density at radius 3 is 2.31 bits per heavy atom. The fourth-order valence-electron chi connectivity index (χ4n) is 4.84. The smallest absolute Gasteiger partial charge is 0.243 e. The van der Waals surface area contributed by atoms with Gasteiger partial charge in [-0.05, 0) is 68.2 Å². The highest BCUT2D eigenvalue weighted by atomic mass is 32.2. The second-order valence-electron chi connectivity index (χ2n) is 7.92. The van der Waals surface area contributed by atoms with Gasteiger partial charge >= 0.3 is 0 Å². The van der Waals surface area contributed by atoms with Crippen LogP contribution in [0, 0.1) is 23.6 Å². The maximum atomic E-state index is 13.0. The van der Waals surface area contributed by atoms with E-state index in [0.717, 1.165) is 24.5 Å². The standard InChI is InChI=1S/C19H25FN2O3S/c20-16-3-5-17(6-4-16)26(24,25)22-9-7-14(8-10-22)19(23)21-18-12-13-1-2-15(18)11-13/h3-6,13-15,18H,1-2,7-12H2,(H,21,23)/t13-,15-,18-/m1/s1. The van der Waals surface area contributed by atoms with E-state index in [0.29, 0.717) is 37.9 Å². The van der Waals surface area contributed by atoms with Crippen molar-refractivity contribution in [2.75, 3.05) is 13.1 Å². The summed E-state index contributed by atoms with van der Waals surface area (Å²) in [7, 11) is -3.62. The number of rotatable bonds is 4. The molecule has 7 heteroatoms. The predicted octanol–water partition coefficient (Wildman–Crippen LogP) is 2.53. The Morgan fingerprint density at radius 1 is 1.04 bits per heavy atom. The van der Waals surface area contributed by atoms with Gasteiger partial charge in [0.2, 0.25) is 15.9 Å². The first kappa shape index (κ1) is 17.9. The van der Waals surface area contributed by atoms with Crippen LogP contribution in [0.1, 0.15) is 38.5 Å². The molecule has 0 radical (unpaired) electrons. The second kappa shape index (κ2) is 6.93. The third-order valence-electron chi connectivity index (χ3n) is 6.34. The van der Waals surface area contributed by atoms with Gasteiger partial charge in [0, 0.05) is 25.0 Å². The van der Waals surface area contributed by atoms with Gasteiger partial charge in [0.1, 0.15) is 5.82 Å². The molecule has 5 nitrogen and oxygen atoms in total. The largest absolute Gasteiger partial charge is 0.353 e. The summed E-state index contributed by atoms with van der Waals surface area (Å²) in [5.41, 5.74) is 0. The fraction of sp³-hybridized carbons (Fsp3) is 0.632. The van der Waals surface area contributed by atoms with Crippen molar-refractivity contribution in [3.63, 3.8) is 0 Å². The van der Waals surface area contributed by atoms with Crippen molar-refractivity contribution in [2.45, 2.75) is 49.5 Å². The number of piperidine rings is 1. The maximum Gasteiger partial charge on any atom is 0.243 e. The van der Waals surface area contributed by atoms with Crippen LogP contribution >= 0.6 is 0 Å². The molecule has 0 spiro atoms. The number of halogens is 1. The van der Waals surface area contributed by atoms with Crippen molar-refractivity contribution in [2.24, 2.45) is 17.8 Å². The number of nitrogens with one attached hydrogen (secondary N) is 1. The maximum absolute atomic E-state index is 13.0. The van der Waals surface area contributed by atoms with E-state index in [2.05, 4.69) is 5.32 Å². The molecule has 1 saturated heterocycles. The Kier molecular flexibility index (Phi) is 4.77. The van der Waals surface area contributed by atoms with Crippen LogP contribution in [0.4, 0.5) is 4.39 Å². The summed E-state index contributed by atoms with van der Waals surface area (Å²) >= 11 is 0. The molecule has 4 rings (SSSR count). The molecule has 2 aliphatic carbocycles. The molecule has 2 saturated carbocycles. The summed E-state index contributed by atoms with van der Waals surface area (Å²) in [6, 6.07) is 5.21. The Bertz CT molecular complexity index is 772. The highest BCUT2D eigenvalue weighted by molar-refractivity contribution is 7.89. The molecule has 1 amide bonds. The minimum atomic E-state index is -3.62. The number of hydrogen-bond acceptors (Lipinski definition) is 3. The van der Waals surface area contributed by atoms with Crippen molar-refractivity contribution in [3.8, 4) is 0 Å². The first-order valence-electron chi connectivity index (χ1n) is 9.49. The molecule has 1 aromatic rings. The zero-order chi connectivity index (χ0) is 18.3. The Hall–Kier alpha value is -1.47. The third-order valence-corrected chi connectivity index (χ3v) is 8.25. The molecule has 2 bridgehead atoms. The van der Waals surface area contributed by atoms with Gasteiger partial charge in [-0.25, -0.2) is 12.8 Å². The van der Waals surface area contributed by atoms with E-state index in [1.807, 2.05) is 0 Å². The lowest BCUT2D eigenvalue weighted by atomic mass is 9.93. The van der Waals surface area contributed by atoms with Crippen LogP contribution in [0.25, 0.3) is 0 Å². The second-order valence-corrected chi connectivity index (χ2v) is 9.86. The summed E-state index contributed by atoms with van der Waals surface area (Å²) in [4.78, 5) is 12.7. The molecule has 3 aliphatic rings. The van der Waals surface area contributed by atoms with Gasteiger partial charge in [-0.1, -0.05) is 6.42 Å². The molecule has 0 aromatic heterocycles. The van der Waals surface area contributed by atoms with E-state index in [1.165, 1.54) is 35.7 Å². The zero-order valence-corrected chi connectivity index (χ0v) is 15.6. The average Bonchev–Trinajstić information content (AvgIpc) is 3.25. The minimum Gasteiger partial charge on any atom is -0.353 e. The molecule has 0 unspecified atom stereocenters. The SMILES string of the molecule is O=C(N[C@@H]1C[C@@H]2CC[C@@H]1C2)C1CCN(S(=O)(=O)c2ccc(F)cc2)CC1. The van der Waals surface area contributed by atoms with E-state index in [-0.39, 0.29) is 16.7 Å². The van der Waals surface area contributed by atoms with E-state index in [1.54, 1.807) is 0 Å². The molecule has 1 aromatic carbocycles. The number of benzene rings is 1. The molecule has 3 fully saturated rings. The average molecular weight is 380 g/mol. The minimum absolute atomic E-state index is 0.0846. The van der Waals surface area contributed by atoms with Crippen molar-refractivity contribution < 1.29 is 17.6 Å². The molecular formula is C19H25FN2O3S. The molecule has 1 heterocycles. The number of carbonyl (C=O) groups excluding carboxylic acids is 1. The number of fused-ring (bicyclic) bond motifs is 2. The van der Waals surface area contributed by atoms with Crippen LogP contribution in [-0.2, 0) is 14.8 Å². The van der Waals surface area contributed by atoms with E-state index < -0.39 is 15.8 Å². The van der Waals surface area contributed by atoms with Crippen LogP contribution in [0.15, 0.2) is 29.2 Å². The Balaban J connectivity index is 1.33. The summed E-state index contributed by atoms with van der Waals surface area (Å²) in [6.07, 6.45) is 5.95. The van der Waals surface area contributed by atoms with Gasteiger partial charge < -0.3 is 5.32 Å². The van der Waals surface area contributed by atoms with Gasteiger partial charge in [-0.3, -0.25) is 4.79 Å². The number of nitrogens with zero attached hydrogens (tertiary/aromatic N) is 1. The lowest BCUT2D eigenvalue weighted by Crippen LogP contribution is -2.46. The molecule has 1 aliphatic heterocycles. The van der Waals surface area contributed by atoms with Crippen molar-refractivity contribution >= 4 is 15.9 Å². The first-order chi connectivity index (χ1) is 12.4.